The summed E-state index contributed by atoms with van der Waals surface area (Å²) in [6.45, 7) is 2.59. The minimum Gasteiger partial charge on any atom is -0.476 e. The molecule has 0 spiro atoms. The van der Waals surface area contributed by atoms with Gasteiger partial charge in [-0.2, -0.15) is 0 Å². The molecule has 1 N–H and O–H groups in total. The zero-order chi connectivity index (χ0) is 14.1. The number of aromatic nitrogens is 3. The minimum atomic E-state index is -1.06. The minimum absolute atomic E-state index is 0.00139. The number of carbonyl (C=O) groups is 1. The molecule has 1 aliphatic heterocycles. The monoisotopic (exact) mass is 293 g/mol. The largest absolute Gasteiger partial charge is 0.476 e. The topological polar surface area (TPSA) is 77.2 Å². The summed E-state index contributed by atoms with van der Waals surface area (Å²) in [5.41, 5.74) is 0.564. The van der Waals surface area contributed by atoms with Crippen molar-refractivity contribution in [3.63, 3.8) is 0 Å². The third kappa shape index (κ3) is 2.46. The molecule has 3 heterocycles. The van der Waals surface area contributed by atoms with Crippen molar-refractivity contribution in [2.45, 2.75) is 38.5 Å². The Morgan fingerprint density at radius 2 is 2.45 bits per heavy atom. The van der Waals surface area contributed by atoms with E-state index in [1.165, 1.54) is 11.3 Å². The molecular formula is C13H15N3O3S. The van der Waals surface area contributed by atoms with Crippen molar-refractivity contribution in [3.8, 4) is 10.6 Å². The van der Waals surface area contributed by atoms with Crippen molar-refractivity contribution in [3.05, 3.63) is 23.2 Å². The molecule has 0 radical (unpaired) electrons. The van der Waals surface area contributed by atoms with Crippen molar-refractivity contribution in [1.29, 1.82) is 0 Å². The van der Waals surface area contributed by atoms with Crippen molar-refractivity contribution in [1.82, 2.24) is 15.0 Å². The molecule has 2 unspecified atom stereocenters. The van der Waals surface area contributed by atoms with E-state index in [1.807, 2.05) is 24.4 Å². The Morgan fingerprint density at radius 3 is 3.05 bits per heavy atom. The van der Waals surface area contributed by atoms with Crippen LogP contribution in [0, 0.1) is 0 Å². The number of aromatic carboxylic acids is 1. The maximum atomic E-state index is 11.3. The smallest absolute Gasteiger partial charge is 0.358 e. The van der Waals surface area contributed by atoms with Crippen molar-refractivity contribution < 1.29 is 14.6 Å². The molecule has 1 saturated heterocycles. The summed E-state index contributed by atoms with van der Waals surface area (Å²) < 4.78 is 7.43. The number of ether oxygens (including phenoxy) is 1. The van der Waals surface area contributed by atoms with Crippen molar-refractivity contribution in [2.24, 2.45) is 0 Å². The molecule has 0 amide bonds. The molecule has 106 valence electrons. The van der Waals surface area contributed by atoms with Crippen LogP contribution >= 0.6 is 11.3 Å². The van der Waals surface area contributed by atoms with Crippen LogP contribution in [-0.2, 0) is 11.3 Å². The summed E-state index contributed by atoms with van der Waals surface area (Å²) in [7, 11) is 0. The molecule has 6 nitrogen and oxygen atoms in total. The van der Waals surface area contributed by atoms with Crippen LogP contribution in [0.1, 0.15) is 30.3 Å². The maximum absolute atomic E-state index is 11.3. The second-order valence-electron chi connectivity index (χ2n) is 4.90. The quantitative estimate of drug-likeness (QED) is 0.935. The van der Waals surface area contributed by atoms with Crippen molar-refractivity contribution in [2.75, 3.05) is 0 Å². The number of carboxylic acid groups (broad SMARTS) is 1. The Labute approximate surface area is 120 Å². The first kappa shape index (κ1) is 13.3. The van der Waals surface area contributed by atoms with E-state index in [2.05, 4.69) is 10.3 Å². The molecule has 2 aromatic rings. The van der Waals surface area contributed by atoms with Crippen LogP contribution < -0.4 is 0 Å². The van der Waals surface area contributed by atoms with Crippen LogP contribution in [0.5, 0.6) is 0 Å². The van der Waals surface area contributed by atoms with Crippen LogP contribution in [-0.4, -0.2) is 38.3 Å². The van der Waals surface area contributed by atoms with Gasteiger partial charge in [0, 0.05) is 0 Å². The highest BCUT2D eigenvalue weighted by atomic mass is 32.1. The van der Waals surface area contributed by atoms with Crippen LogP contribution in [0.2, 0.25) is 0 Å². The van der Waals surface area contributed by atoms with Gasteiger partial charge >= 0.3 is 5.97 Å². The Bertz CT molecular complexity index is 608. The van der Waals surface area contributed by atoms with Gasteiger partial charge in [-0.3, -0.25) is 0 Å². The van der Waals surface area contributed by atoms with Gasteiger partial charge in [-0.15, -0.1) is 16.4 Å². The Kier molecular flexibility index (Phi) is 3.54. The molecule has 0 bridgehead atoms. The molecular weight excluding hydrogens is 278 g/mol. The van der Waals surface area contributed by atoms with E-state index in [9.17, 15) is 9.90 Å². The molecule has 20 heavy (non-hydrogen) atoms. The van der Waals surface area contributed by atoms with Gasteiger partial charge in [0.05, 0.1) is 23.6 Å². The molecule has 0 aliphatic carbocycles. The Morgan fingerprint density at radius 1 is 1.60 bits per heavy atom. The molecule has 3 rings (SSSR count). The highest BCUT2D eigenvalue weighted by Crippen LogP contribution is 2.29. The lowest BCUT2D eigenvalue weighted by Crippen LogP contribution is -2.18. The number of carboxylic acids is 1. The summed E-state index contributed by atoms with van der Waals surface area (Å²) in [6.07, 6.45) is 2.33. The predicted molar refractivity (Wildman–Crippen MR) is 73.9 cm³/mol. The molecule has 0 saturated carbocycles. The second kappa shape index (κ2) is 5.34. The third-order valence-electron chi connectivity index (χ3n) is 3.39. The molecule has 1 aliphatic rings. The first-order chi connectivity index (χ1) is 9.65. The van der Waals surface area contributed by atoms with Gasteiger partial charge in [-0.05, 0) is 31.2 Å². The van der Waals surface area contributed by atoms with Gasteiger partial charge in [0.15, 0.2) is 5.69 Å². The lowest BCUT2D eigenvalue weighted by atomic mass is 10.2. The number of nitrogens with zero attached hydrogens (tertiary/aromatic N) is 3. The van der Waals surface area contributed by atoms with E-state index >= 15 is 0 Å². The highest BCUT2D eigenvalue weighted by Gasteiger charge is 2.26. The fourth-order valence-electron chi connectivity index (χ4n) is 2.45. The number of rotatable bonds is 4. The van der Waals surface area contributed by atoms with Gasteiger partial charge in [0.2, 0.25) is 0 Å². The third-order valence-corrected chi connectivity index (χ3v) is 4.27. The summed E-state index contributed by atoms with van der Waals surface area (Å²) in [5, 5.41) is 18.9. The van der Waals surface area contributed by atoms with Gasteiger partial charge in [0.1, 0.15) is 5.69 Å². The predicted octanol–water partition coefficient (Wildman–Crippen LogP) is 2.27. The second-order valence-corrected chi connectivity index (χ2v) is 5.84. The first-order valence-corrected chi connectivity index (χ1v) is 7.39. The summed E-state index contributed by atoms with van der Waals surface area (Å²) in [6, 6.07) is 3.77. The van der Waals surface area contributed by atoms with E-state index < -0.39 is 5.97 Å². The molecule has 1 fully saturated rings. The molecule has 0 aromatic carbocycles. The lowest BCUT2D eigenvalue weighted by Gasteiger charge is -2.12. The van der Waals surface area contributed by atoms with E-state index in [1.54, 1.807) is 4.68 Å². The van der Waals surface area contributed by atoms with Gasteiger partial charge in [0.25, 0.3) is 0 Å². The molecule has 2 atom stereocenters. The maximum Gasteiger partial charge on any atom is 0.358 e. The Hall–Kier alpha value is -1.73. The van der Waals surface area contributed by atoms with Crippen LogP contribution in [0.25, 0.3) is 10.6 Å². The SMILES string of the molecule is CC1CCC(Cn2nnc(C(=O)O)c2-c2cccs2)O1. The fraction of sp³-hybridized carbons (Fsp3) is 0.462. The summed E-state index contributed by atoms with van der Waals surface area (Å²) in [4.78, 5) is 12.1. The van der Waals surface area contributed by atoms with Crippen LogP contribution in [0.3, 0.4) is 0 Å². The van der Waals surface area contributed by atoms with Crippen LogP contribution in [0.4, 0.5) is 0 Å². The van der Waals surface area contributed by atoms with Gasteiger partial charge < -0.3 is 9.84 Å². The fourth-order valence-corrected chi connectivity index (χ4v) is 3.23. The standard InChI is InChI=1S/C13H15N3O3S/c1-8-4-5-9(19-8)7-16-12(10-3-2-6-20-10)11(13(17)18)14-15-16/h2-3,6,8-9H,4-5,7H2,1H3,(H,17,18). The average molecular weight is 293 g/mol. The van der Waals surface area contributed by atoms with Crippen LogP contribution in [0.15, 0.2) is 17.5 Å². The summed E-state index contributed by atoms with van der Waals surface area (Å²) >= 11 is 1.48. The van der Waals surface area contributed by atoms with Gasteiger partial charge in [-0.1, -0.05) is 11.3 Å². The average Bonchev–Trinajstić information content (AvgIpc) is 3.10. The van der Waals surface area contributed by atoms with E-state index in [-0.39, 0.29) is 17.9 Å². The summed E-state index contributed by atoms with van der Waals surface area (Å²) in [5.74, 6) is -1.06. The van der Waals surface area contributed by atoms with E-state index in [0.717, 1.165) is 17.7 Å². The number of hydrogen-bond donors (Lipinski definition) is 1. The molecule has 2 aromatic heterocycles. The van der Waals surface area contributed by atoms with Crippen molar-refractivity contribution >= 4 is 17.3 Å². The Balaban J connectivity index is 1.93. The zero-order valence-electron chi connectivity index (χ0n) is 11.0. The zero-order valence-corrected chi connectivity index (χ0v) is 11.8. The van der Waals surface area contributed by atoms with E-state index in [0.29, 0.717) is 12.2 Å². The highest BCUT2D eigenvalue weighted by molar-refractivity contribution is 7.13. The van der Waals surface area contributed by atoms with Gasteiger partial charge in [-0.25, -0.2) is 9.48 Å². The normalized spacial score (nSPS) is 22.2. The first-order valence-electron chi connectivity index (χ1n) is 6.51. The lowest BCUT2D eigenvalue weighted by molar-refractivity contribution is 0.0436. The number of thiophene rings is 1. The number of hydrogen-bond acceptors (Lipinski definition) is 5. The molecule has 7 heteroatoms. The van der Waals surface area contributed by atoms with E-state index in [4.69, 9.17) is 4.74 Å².